The highest BCUT2D eigenvalue weighted by Gasteiger charge is 2.43. The van der Waals surface area contributed by atoms with Crippen LogP contribution in [0.5, 0.6) is 11.5 Å². The smallest absolute Gasteiger partial charge is 0.336 e. The number of Topliss-reactive ketones (excluding diaryl/α,β-unsaturated/α-hetero) is 1. The maximum Gasteiger partial charge on any atom is 0.336 e. The molecule has 1 aliphatic carbocycles. The SMILES string of the molecule is CCCCOC(=O)C1=C(C)NC2=C(C(=O)CC(C)(C)C2)[C@@H]1c1ccc(OC)c(OC)c1. The molecule has 6 heteroatoms. The summed E-state index contributed by atoms with van der Waals surface area (Å²) >= 11 is 0. The number of nitrogens with one attached hydrogen (secondary N) is 1. The Morgan fingerprint density at radius 3 is 2.52 bits per heavy atom. The predicted octanol–water partition coefficient (Wildman–Crippen LogP) is 4.65. The van der Waals surface area contributed by atoms with Crippen LogP contribution in [0.3, 0.4) is 0 Å². The highest BCUT2D eigenvalue weighted by molar-refractivity contribution is 6.04. The van der Waals surface area contributed by atoms with Crippen molar-refractivity contribution < 1.29 is 23.8 Å². The number of ether oxygens (including phenoxy) is 3. The van der Waals surface area contributed by atoms with E-state index in [1.54, 1.807) is 14.2 Å². The summed E-state index contributed by atoms with van der Waals surface area (Å²) in [5, 5.41) is 3.36. The molecule has 1 heterocycles. The van der Waals surface area contributed by atoms with Gasteiger partial charge in [0, 0.05) is 29.3 Å². The number of hydrogen-bond acceptors (Lipinski definition) is 6. The van der Waals surface area contributed by atoms with Crippen LogP contribution in [0.15, 0.2) is 40.7 Å². The molecule has 0 aromatic heterocycles. The molecule has 6 nitrogen and oxygen atoms in total. The number of carbonyl (C=O) groups excluding carboxylic acids is 2. The Bertz CT molecular complexity index is 941. The molecule has 0 radical (unpaired) electrons. The van der Waals surface area contributed by atoms with E-state index in [1.165, 1.54) is 0 Å². The minimum atomic E-state index is -0.506. The van der Waals surface area contributed by atoms with Crippen LogP contribution < -0.4 is 14.8 Å². The van der Waals surface area contributed by atoms with Gasteiger partial charge in [-0.25, -0.2) is 4.79 Å². The van der Waals surface area contributed by atoms with Crippen LogP contribution in [-0.2, 0) is 14.3 Å². The average Bonchev–Trinajstić information content (AvgIpc) is 2.71. The van der Waals surface area contributed by atoms with Gasteiger partial charge < -0.3 is 19.5 Å². The van der Waals surface area contributed by atoms with E-state index in [-0.39, 0.29) is 17.2 Å². The molecule has 3 rings (SSSR count). The summed E-state index contributed by atoms with van der Waals surface area (Å²) in [6.07, 6.45) is 2.92. The Hall–Kier alpha value is -2.76. The molecule has 1 aromatic rings. The lowest BCUT2D eigenvalue weighted by atomic mass is 9.68. The molecule has 1 atom stereocenters. The van der Waals surface area contributed by atoms with Crippen molar-refractivity contribution in [3.63, 3.8) is 0 Å². The first-order valence-corrected chi connectivity index (χ1v) is 10.9. The van der Waals surface area contributed by atoms with Gasteiger partial charge in [-0.3, -0.25) is 4.79 Å². The molecule has 0 saturated carbocycles. The van der Waals surface area contributed by atoms with Gasteiger partial charge in [0.15, 0.2) is 17.3 Å². The number of dihydropyridines is 1. The summed E-state index contributed by atoms with van der Waals surface area (Å²) in [6.45, 7) is 8.47. The zero-order chi connectivity index (χ0) is 22.8. The molecular weight excluding hydrogens is 394 g/mol. The van der Waals surface area contributed by atoms with Gasteiger partial charge in [-0.05, 0) is 42.9 Å². The maximum atomic E-state index is 13.3. The average molecular weight is 428 g/mol. The van der Waals surface area contributed by atoms with Crippen molar-refractivity contribution in [2.45, 2.75) is 59.3 Å². The van der Waals surface area contributed by atoms with E-state index in [2.05, 4.69) is 19.2 Å². The first kappa shape index (κ1) is 22.9. The van der Waals surface area contributed by atoms with E-state index >= 15 is 0 Å². The molecule has 0 saturated heterocycles. The highest BCUT2D eigenvalue weighted by Crippen LogP contribution is 2.47. The third kappa shape index (κ3) is 4.63. The van der Waals surface area contributed by atoms with Gasteiger partial charge in [0.25, 0.3) is 0 Å². The van der Waals surface area contributed by atoms with Gasteiger partial charge in [-0.15, -0.1) is 0 Å². The Labute approximate surface area is 184 Å². The van der Waals surface area contributed by atoms with Gasteiger partial charge in [0.1, 0.15) is 0 Å². The van der Waals surface area contributed by atoms with Gasteiger partial charge >= 0.3 is 5.97 Å². The highest BCUT2D eigenvalue weighted by atomic mass is 16.5. The first-order chi connectivity index (χ1) is 14.7. The van der Waals surface area contributed by atoms with Gasteiger partial charge in [0.2, 0.25) is 0 Å². The van der Waals surface area contributed by atoms with Crippen LogP contribution in [0.25, 0.3) is 0 Å². The van der Waals surface area contributed by atoms with Gasteiger partial charge in [-0.2, -0.15) is 0 Å². The number of ketones is 1. The Morgan fingerprint density at radius 2 is 1.87 bits per heavy atom. The largest absolute Gasteiger partial charge is 0.493 e. The predicted molar refractivity (Wildman–Crippen MR) is 119 cm³/mol. The van der Waals surface area contributed by atoms with E-state index in [4.69, 9.17) is 14.2 Å². The number of allylic oxidation sites excluding steroid dienone is 3. The standard InChI is InChI=1S/C25H33NO5/c1-7-8-11-31-24(28)21-15(2)26-17-13-25(3,4)14-18(27)23(17)22(21)16-9-10-19(29-5)20(12-16)30-6/h9-10,12,22,26H,7-8,11,13-14H2,1-6H3/t22-/m1/s1. The maximum absolute atomic E-state index is 13.3. The van der Waals surface area contributed by atoms with Crippen LogP contribution in [-0.4, -0.2) is 32.6 Å². The summed E-state index contributed by atoms with van der Waals surface area (Å²) in [7, 11) is 3.15. The molecule has 1 N–H and O–H groups in total. The van der Waals surface area contributed by atoms with Crippen LogP contribution in [0.2, 0.25) is 0 Å². The third-order valence-electron chi connectivity index (χ3n) is 5.93. The second-order valence-electron chi connectivity index (χ2n) is 9.03. The fourth-order valence-corrected chi connectivity index (χ4v) is 4.46. The number of esters is 1. The summed E-state index contributed by atoms with van der Waals surface area (Å²) < 4.78 is 16.4. The summed E-state index contributed by atoms with van der Waals surface area (Å²) in [4.78, 5) is 26.5. The molecule has 1 aliphatic heterocycles. The zero-order valence-electron chi connectivity index (χ0n) is 19.4. The van der Waals surface area contributed by atoms with Crippen molar-refractivity contribution in [3.05, 3.63) is 46.3 Å². The van der Waals surface area contributed by atoms with E-state index in [0.717, 1.165) is 36.2 Å². The second kappa shape index (κ2) is 9.16. The lowest BCUT2D eigenvalue weighted by Crippen LogP contribution is -2.38. The van der Waals surface area contributed by atoms with Gasteiger partial charge in [-0.1, -0.05) is 33.3 Å². The molecule has 0 unspecified atom stereocenters. The van der Waals surface area contributed by atoms with Crippen LogP contribution in [0.1, 0.15) is 64.9 Å². The van der Waals surface area contributed by atoms with E-state index < -0.39 is 5.92 Å². The van der Waals surface area contributed by atoms with E-state index in [1.807, 2.05) is 32.0 Å². The lowest BCUT2D eigenvalue weighted by Gasteiger charge is -2.39. The van der Waals surface area contributed by atoms with Crippen molar-refractivity contribution in [1.29, 1.82) is 0 Å². The van der Waals surface area contributed by atoms with E-state index in [9.17, 15) is 9.59 Å². The molecule has 2 aliphatic rings. The number of benzene rings is 1. The number of rotatable bonds is 7. The van der Waals surface area contributed by atoms with Crippen LogP contribution in [0.4, 0.5) is 0 Å². The quantitative estimate of drug-likeness (QED) is 0.504. The summed E-state index contributed by atoms with van der Waals surface area (Å²) in [5.74, 6) is 0.319. The normalized spacial score (nSPS) is 20.2. The fourth-order valence-electron chi connectivity index (χ4n) is 4.46. The fraction of sp³-hybridized carbons (Fsp3) is 0.520. The summed E-state index contributed by atoms with van der Waals surface area (Å²) in [5.41, 5.74) is 3.43. The van der Waals surface area contributed by atoms with E-state index in [0.29, 0.717) is 35.7 Å². The number of unbranched alkanes of at least 4 members (excludes halogenated alkanes) is 1. The van der Waals surface area contributed by atoms with Crippen LogP contribution in [0, 0.1) is 5.41 Å². The number of carbonyl (C=O) groups is 2. The molecule has 31 heavy (non-hydrogen) atoms. The van der Waals surface area contributed by atoms with Crippen molar-refractivity contribution in [3.8, 4) is 11.5 Å². The minimum Gasteiger partial charge on any atom is -0.493 e. The zero-order valence-corrected chi connectivity index (χ0v) is 19.4. The number of hydrogen-bond donors (Lipinski definition) is 1. The topological polar surface area (TPSA) is 73.9 Å². The van der Waals surface area contributed by atoms with Gasteiger partial charge in [0.05, 0.1) is 26.4 Å². The van der Waals surface area contributed by atoms with Crippen molar-refractivity contribution >= 4 is 11.8 Å². The Balaban J connectivity index is 2.13. The second-order valence-corrected chi connectivity index (χ2v) is 9.03. The first-order valence-electron chi connectivity index (χ1n) is 10.9. The van der Waals surface area contributed by atoms with Crippen molar-refractivity contribution in [2.24, 2.45) is 5.41 Å². The van der Waals surface area contributed by atoms with Crippen molar-refractivity contribution in [1.82, 2.24) is 5.32 Å². The minimum absolute atomic E-state index is 0.0601. The van der Waals surface area contributed by atoms with Crippen molar-refractivity contribution in [2.75, 3.05) is 20.8 Å². The molecule has 0 amide bonds. The molecule has 168 valence electrons. The molecule has 0 fully saturated rings. The Kier molecular flexibility index (Phi) is 6.77. The van der Waals surface area contributed by atoms with Crippen LogP contribution >= 0.6 is 0 Å². The Morgan fingerprint density at radius 1 is 1.16 bits per heavy atom. The molecule has 0 spiro atoms. The molecule has 0 bridgehead atoms. The third-order valence-corrected chi connectivity index (χ3v) is 5.93. The summed E-state index contributed by atoms with van der Waals surface area (Å²) in [6, 6.07) is 5.55. The number of methoxy groups -OCH3 is 2. The molecular formula is C25H33NO5. The monoisotopic (exact) mass is 427 g/mol. The lowest BCUT2D eigenvalue weighted by molar-refractivity contribution is -0.139. The molecule has 1 aromatic carbocycles.